The molecule has 1 amide bonds. The lowest BCUT2D eigenvalue weighted by Gasteiger charge is -2.17. The standard InChI is InChI=1S/C12H12N2O2S/c1-16-9-2-3-11(8(4-9)6-13)14-7-10(17)5-12(14)15/h2-4,10,17H,5,7H2,1H3. The van der Waals surface area contributed by atoms with Gasteiger partial charge < -0.3 is 9.64 Å². The van der Waals surface area contributed by atoms with E-state index in [1.165, 1.54) is 0 Å². The number of rotatable bonds is 2. The van der Waals surface area contributed by atoms with Crippen LogP contribution in [0, 0.1) is 11.3 Å². The van der Waals surface area contributed by atoms with Crippen LogP contribution in [0.25, 0.3) is 0 Å². The average Bonchev–Trinajstić information content (AvgIpc) is 2.67. The zero-order chi connectivity index (χ0) is 12.4. The lowest BCUT2D eigenvalue weighted by Crippen LogP contribution is -2.25. The molecule has 0 N–H and O–H groups in total. The fraction of sp³-hybridized carbons (Fsp3) is 0.333. The minimum atomic E-state index is 0.00617. The third-order valence-corrected chi connectivity index (χ3v) is 3.07. The highest BCUT2D eigenvalue weighted by Crippen LogP contribution is 2.29. The summed E-state index contributed by atoms with van der Waals surface area (Å²) in [5.74, 6) is 0.617. The molecule has 1 unspecified atom stereocenters. The second-order valence-corrected chi connectivity index (χ2v) is 4.59. The number of methoxy groups -OCH3 is 1. The zero-order valence-electron chi connectivity index (χ0n) is 9.38. The van der Waals surface area contributed by atoms with Crippen LogP contribution in [0.4, 0.5) is 5.69 Å². The van der Waals surface area contributed by atoms with E-state index in [9.17, 15) is 4.79 Å². The van der Waals surface area contributed by atoms with Crippen molar-refractivity contribution in [2.75, 3.05) is 18.6 Å². The SMILES string of the molecule is COc1ccc(N2CC(S)CC2=O)c(C#N)c1. The van der Waals surface area contributed by atoms with E-state index in [0.29, 0.717) is 30.0 Å². The largest absolute Gasteiger partial charge is 0.497 e. The van der Waals surface area contributed by atoms with Gasteiger partial charge in [-0.2, -0.15) is 17.9 Å². The molecule has 1 saturated heterocycles. The maximum absolute atomic E-state index is 11.7. The van der Waals surface area contributed by atoms with E-state index in [1.54, 1.807) is 30.2 Å². The summed E-state index contributed by atoms with van der Waals surface area (Å²) in [5.41, 5.74) is 1.08. The van der Waals surface area contributed by atoms with Crippen LogP contribution in [-0.4, -0.2) is 24.8 Å². The van der Waals surface area contributed by atoms with Crippen molar-refractivity contribution in [2.45, 2.75) is 11.7 Å². The minimum absolute atomic E-state index is 0.00617. The molecule has 0 aromatic heterocycles. The van der Waals surface area contributed by atoms with Gasteiger partial charge >= 0.3 is 0 Å². The predicted octanol–water partition coefficient (Wildman–Crippen LogP) is 1.60. The summed E-state index contributed by atoms with van der Waals surface area (Å²) in [4.78, 5) is 13.4. The van der Waals surface area contributed by atoms with Crippen molar-refractivity contribution in [3.8, 4) is 11.8 Å². The van der Waals surface area contributed by atoms with Crippen LogP contribution in [-0.2, 0) is 4.79 Å². The van der Waals surface area contributed by atoms with Crippen molar-refractivity contribution in [3.63, 3.8) is 0 Å². The Morgan fingerprint density at radius 3 is 2.88 bits per heavy atom. The van der Waals surface area contributed by atoms with Crippen LogP contribution in [0.1, 0.15) is 12.0 Å². The Balaban J connectivity index is 2.39. The highest BCUT2D eigenvalue weighted by Gasteiger charge is 2.29. The molecule has 1 aliphatic heterocycles. The molecule has 4 nitrogen and oxygen atoms in total. The molecule has 0 saturated carbocycles. The van der Waals surface area contributed by atoms with Crippen molar-refractivity contribution < 1.29 is 9.53 Å². The summed E-state index contributed by atoms with van der Waals surface area (Å²) in [6, 6.07) is 7.20. The van der Waals surface area contributed by atoms with Crippen molar-refractivity contribution in [1.29, 1.82) is 5.26 Å². The number of thiol groups is 1. The van der Waals surface area contributed by atoms with Gasteiger partial charge in [-0.3, -0.25) is 4.79 Å². The summed E-state index contributed by atoms with van der Waals surface area (Å²) in [6.07, 6.45) is 0.417. The highest BCUT2D eigenvalue weighted by molar-refractivity contribution is 7.81. The number of nitrogens with zero attached hydrogens (tertiary/aromatic N) is 2. The van der Waals surface area contributed by atoms with Gasteiger partial charge in [-0.05, 0) is 18.2 Å². The Morgan fingerprint density at radius 1 is 1.59 bits per heavy atom. The summed E-state index contributed by atoms with van der Waals surface area (Å²) < 4.78 is 5.05. The Hall–Kier alpha value is -1.67. The number of amides is 1. The molecular formula is C12H12N2O2S. The zero-order valence-corrected chi connectivity index (χ0v) is 10.3. The molecule has 88 valence electrons. The van der Waals surface area contributed by atoms with Gasteiger partial charge in [0, 0.05) is 18.2 Å². The summed E-state index contributed by atoms with van der Waals surface area (Å²) in [5, 5.41) is 9.13. The number of carbonyl (C=O) groups excluding carboxylic acids is 1. The number of benzene rings is 1. The molecule has 0 aliphatic carbocycles. The predicted molar refractivity (Wildman–Crippen MR) is 67.5 cm³/mol. The fourth-order valence-electron chi connectivity index (χ4n) is 1.89. The fourth-order valence-corrected chi connectivity index (χ4v) is 2.21. The van der Waals surface area contributed by atoms with Gasteiger partial charge in [-0.15, -0.1) is 0 Å². The first kappa shape index (κ1) is 11.8. The second-order valence-electron chi connectivity index (χ2n) is 3.86. The third-order valence-electron chi connectivity index (χ3n) is 2.72. The quantitative estimate of drug-likeness (QED) is 0.809. The first-order chi connectivity index (χ1) is 8.15. The van der Waals surface area contributed by atoms with E-state index in [0.717, 1.165) is 0 Å². The van der Waals surface area contributed by atoms with E-state index < -0.39 is 0 Å². The Labute approximate surface area is 105 Å². The lowest BCUT2D eigenvalue weighted by atomic mass is 10.1. The lowest BCUT2D eigenvalue weighted by molar-refractivity contribution is -0.117. The van der Waals surface area contributed by atoms with E-state index in [1.807, 2.05) is 0 Å². The van der Waals surface area contributed by atoms with Crippen LogP contribution in [0.15, 0.2) is 18.2 Å². The Kier molecular flexibility index (Phi) is 3.25. The molecule has 0 radical (unpaired) electrons. The summed E-state index contributed by atoms with van der Waals surface area (Å²) in [7, 11) is 1.54. The molecule has 1 heterocycles. The van der Waals surface area contributed by atoms with Gasteiger partial charge in [-0.1, -0.05) is 0 Å². The second kappa shape index (κ2) is 4.68. The molecule has 0 bridgehead atoms. The molecular weight excluding hydrogens is 236 g/mol. The minimum Gasteiger partial charge on any atom is -0.497 e. The molecule has 1 fully saturated rings. The smallest absolute Gasteiger partial charge is 0.228 e. The van der Waals surface area contributed by atoms with Gasteiger partial charge in [0.15, 0.2) is 0 Å². The molecule has 5 heteroatoms. The molecule has 1 aliphatic rings. The maximum atomic E-state index is 11.7. The Morgan fingerprint density at radius 2 is 2.35 bits per heavy atom. The number of anilines is 1. The van der Waals surface area contributed by atoms with Gasteiger partial charge in [-0.25, -0.2) is 0 Å². The number of hydrogen-bond acceptors (Lipinski definition) is 4. The molecule has 0 spiro atoms. The molecule has 1 aromatic rings. The number of carbonyl (C=O) groups is 1. The van der Waals surface area contributed by atoms with Crippen LogP contribution < -0.4 is 9.64 Å². The number of nitriles is 1. The first-order valence-electron chi connectivity index (χ1n) is 5.22. The molecule has 1 atom stereocenters. The van der Waals surface area contributed by atoms with Crippen molar-refractivity contribution >= 4 is 24.2 Å². The van der Waals surface area contributed by atoms with Crippen LogP contribution in [0.3, 0.4) is 0 Å². The van der Waals surface area contributed by atoms with Gasteiger partial charge in [0.05, 0.1) is 18.4 Å². The van der Waals surface area contributed by atoms with Crippen LogP contribution >= 0.6 is 12.6 Å². The van der Waals surface area contributed by atoms with E-state index in [2.05, 4.69) is 18.7 Å². The van der Waals surface area contributed by atoms with E-state index >= 15 is 0 Å². The van der Waals surface area contributed by atoms with Crippen LogP contribution in [0.5, 0.6) is 5.75 Å². The van der Waals surface area contributed by atoms with Crippen LogP contribution in [0.2, 0.25) is 0 Å². The van der Waals surface area contributed by atoms with Crippen molar-refractivity contribution in [1.82, 2.24) is 0 Å². The van der Waals surface area contributed by atoms with Gasteiger partial charge in [0.25, 0.3) is 0 Å². The molecule has 1 aromatic carbocycles. The average molecular weight is 248 g/mol. The van der Waals surface area contributed by atoms with Gasteiger partial charge in [0.1, 0.15) is 11.8 Å². The maximum Gasteiger partial charge on any atom is 0.228 e. The van der Waals surface area contributed by atoms with E-state index in [4.69, 9.17) is 10.00 Å². The normalized spacial score (nSPS) is 19.2. The van der Waals surface area contributed by atoms with E-state index in [-0.39, 0.29) is 11.2 Å². The molecule has 2 rings (SSSR count). The number of ether oxygens (including phenoxy) is 1. The third kappa shape index (κ3) is 2.22. The monoisotopic (exact) mass is 248 g/mol. The van der Waals surface area contributed by atoms with Gasteiger partial charge in [0.2, 0.25) is 5.91 Å². The summed E-state index contributed by atoms with van der Waals surface area (Å²) >= 11 is 4.29. The molecule has 17 heavy (non-hydrogen) atoms. The highest BCUT2D eigenvalue weighted by atomic mass is 32.1. The number of hydrogen-bond donors (Lipinski definition) is 1. The summed E-state index contributed by atoms with van der Waals surface area (Å²) in [6.45, 7) is 0.545. The first-order valence-corrected chi connectivity index (χ1v) is 5.74. The van der Waals surface area contributed by atoms with Crippen molar-refractivity contribution in [2.24, 2.45) is 0 Å². The van der Waals surface area contributed by atoms with Crippen molar-refractivity contribution in [3.05, 3.63) is 23.8 Å². The topological polar surface area (TPSA) is 53.3 Å². The Bertz CT molecular complexity index is 496.